The molecule has 1 aromatic carbocycles. The molecule has 3 heterocycles. The lowest BCUT2D eigenvalue weighted by Crippen LogP contribution is -3.16. The highest BCUT2D eigenvalue weighted by atomic mass is 16.1. The fourth-order valence-corrected chi connectivity index (χ4v) is 6.47. The van der Waals surface area contributed by atoms with Crippen LogP contribution in [0.3, 0.4) is 0 Å². The van der Waals surface area contributed by atoms with Gasteiger partial charge in [-0.3, -0.25) is 4.79 Å². The number of hydrogen-bond acceptors (Lipinski definition) is 2. The predicted octanol–water partition coefficient (Wildman–Crippen LogP) is 1.54. The molecule has 1 aromatic rings. The quantitative estimate of drug-likeness (QED) is 0.838. The topological polar surface area (TPSA) is 24.8 Å². The van der Waals surface area contributed by atoms with Gasteiger partial charge in [-0.1, -0.05) is 25.1 Å². The van der Waals surface area contributed by atoms with Gasteiger partial charge in [0.15, 0.2) is 0 Å². The van der Waals surface area contributed by atoms with Crippen LogP contribution >= 0.6 is 0 Å². The van der Waals surface area contributed by atoms with Crippen molar-refractivity contribution in [3.05, 3.63) is 41.1 Å². The van der Waals surface area contributed by atoms with E-state index >= 15 is 0 Å². The molecule has 0 saturated carbocycles. The van der Waals surface area contributed by atoms with Crippen LogP contribution < -0.4 is 9.80 Å². The summed E-state index contributed by atoms with van der Waals surface area (Å²) in [7, 11) is 2.17. The minimum Gasteiger partial charge on any atom is -0.346 e. The first kappa shape index (κ1) is 13.8. The summed E-state index contributed by atoms with van der Waals surface area (Å²) >= 11 is 0. The van der Waals surface area contributed by atoms with Crippen molar-refractivity contribution in [2.75, 3.05) is 25.0 Å². The van der Waals surface area contributed by atoms with Gasteiger partial charge in [-0.05, 0) is 18.1 Å². The number of rotatable bonds is 2. The van der Waals surface area contributed by atoms with E-state index in [0.717, 1.165) is 5.57 Å². The number of para-hydroxylation sites is 1. The van der Waals surface area contributed by atoms with E-state index in [1.165, 1.54) is 55.6 Å². The molecule has 5 atom stereocenters. The van der Waals surface area contributed by atoms with Crippen LogP contribution in [-0.4, -0.2) is 32.5 Å². The van der Waals surface area contributed by atoms with E-state index in [1.807, 2.05) is 0 Å². The maximum absolute atomic E-state index is 12.1. The third-order valence-electron chi connectivity index (χ3n) is 7.34. The summed E-state index contributed by atoms with van der Waals surface area (Å²) in [6.45, 7) is 4.80. The van der Waals surface area contributed by atoms with Gasteiger partial charge < -0.3 is 9.80 Å². The van der Waals surface area contributed by atoms with Crippen molar-refractivity contribution < 1.29 is 9.69 Å². The van der Waals surface area contributed by atoms with Crippen molar-refractivity contribution in [3.63, 3.8) is 0 Å². The Morgan fingerprint density at radius 1 is 1.39 bits per heavy atom. The first-order valence-corrected chi connectivity index (χ1v) is 9.10. The maximum Gasteiger partial charge on any atom is 0.148 e. The zero-order chi connectivity index (χ0) is 15.8. The Labute approximate surface area is 138 Å². The van der Waals surface area contributed by atoms with Gasteiger partial charge in [0.1, 0.15) is 12.3 Å². The van der Waals surface area contributed by atoms with Crippen LogP contribution in [0.5, 0.6) is 0 Å². The normalized spacial score (nSPS) is 40.2. The lowest BCUT2D eigenvalue weighted by molar-refractivity contribution is -0.925. The number of piperidine rings is 1. The van der Waals surface area contributed by atoms with E-state index in [2.05, 4.69) is 43.1 Å². The second-order valence-corrected chi connectivity index (χ2v) is 7.89. The van der Waals surface area contributed by atoms with Crippen molar-refractivity contribution in [1.29, 1.82) is 0 Å². The Morgan fingerprint density at radius 3 is 3.00 bits per heavy atom. The molecule has 1 unspecified atom stereocenters. The number of likely N-dealkylation sites (N-methyl/N-ethyl adjacent to an activating group) is 1. The molecule has 0 radical (unpaired) electrons. The number of allylic oxidation sites excluding steroid dienone is 1. The lowest BCUT2D eigenvalue weighted by Gasteiger charge is -2.48. The highest BCUT2D eigenvalue weighted by Gasteiger charge is 2.65. The monoisotopic (exact) mass is 309 g/mol. The number of anilines is 1. The summed E-state index contributed by atoms with van der Waals surface area (Å²) in [5.41, 5.74) is 5.37. The van der Waals surface area contributed by atoms with Crippen LogP contribution in [0.4, 0.5) is 5.69 Å². The molecule has 3 heteroatoms. The first-order valence-electron chi connectivity index (χ1n) is 9.10. The number of fused-ring (bicyclic) bond motifs is 2. The SMILES string of the molecule is CC[C@H]1C[NH+]2CC[C@]34C(=C(C=O)[C@H]1C[C@H]23)N(C)c1ccccc14. The molecular formula is C20H25N2O+. The van der Waals surface area contributed by atoms with E-state index in [-0.39, 0.29) is 5.41 Å². The lowest BCUT2D eigenvalue weighted by atomic mass is 9.60. The number of nitrogens with one attached hydrogen (secondary N) is 1. The largest absolute Gasteiger partial charge is 0.346 e. The van der Waals surface area contributed by atoms with E-state index < -0.39 is 0 Å². The number of benzene rings is 1. The van der Waals surface area contributed by atoms with Gasteiger partial charge in [0, 0.05) is 48.7 Å². The molecule has 4 aliphatic rings. The molecular weight excluding hydrogens is 284 g/mol. The van der Waals surface area contributed by atoms with Crippen molar-refractivity contribution in [2.24, 2.45) is 11.8 Å². The van der Waals surface area contributed by atoms with E-state index in [9.17, 15) is 4.79 Å². The fourth-order valence-electron chi connectivity index (χ4n) is 6.47. The van der Waals surface area contributed by atoms with Crippen LogP contribution in [0.2, 0.25) is 0 Å². The molecule has 2 bridgehead atoms. The molecule has 2 fully saturated rings. The second-order valence-electron chi connectivity index (χ2n) is 7.89. The number of aldehydes is 1. The molecule has 23 heavy (non-hydrogen) atoms. The summed E-state index contributed by atoms with van der Waals surface area (Å²) < 4.78 is 0. The van der Waals surface area contributed by atoms with Gasteiger partial charge in [-0.2, -0.15) is 0 Å². The minimum atomic E-state index is 0.103. The van der Waals surface area contributed by atoms with Gasteiger partial charge in [0.25, 0.3) is 0 Å². The summed E-state index contributed by atoms with van der Waals surface area (Å²) in [5.74, 6) is 1.14. The Balaban J connectivity index is 1.83. The Bertz CT molecular complexity index is 724. The molecule has 1 spiro atoms. The number of carbonyl (C=O) groups excluding carboxylic acids is 1. The van der Waals surface area contributed by atoms with Crippen LogP contribution in [-0.2, 0) is 10.2 Å². The molecule has 1 aliphatic carbocycles. The smallest absolute Gasteiger partial charge is 0.148 e. The third kappa shape index (κ3) is 1.43. The second kappa shape index (κ2) is 4.47. The summed E-state index contributed by atoms with van der Waals surface area (Å²) in [5, 5.41) is 0. The van der Waals surface area contributed by atoms with Gasteiger partial charge in [-0.25, -0.2) is 0 Å². The van der Waals surface area contributed by atoms with E-state index in [1.54, 1.807) is 4.90 Å². The average molecular weight is 309 g/mol. The molecule has 2 saturated heterocycles. The molecule has 120 valence electrons. The number of hydrogen-bond donors (Lipinski definition) is 1. The Kier molecular flexibility index (Phi) is 2.68. The predicted molar refractivity (Wildman–Crippen MR) is 90.6 cm³/mol. The van der Waals surface area contributed by atoms with E-state index in [0.29, 0.717) is 17.9 Å². The molecule has 5 rings (SSSR count). The van der Waals surface area contributed by atoms with Gasteiger partial charge in [0.05, 0.1) is 18.5 Å². The zero-order valence-corrected chi connectivity index (χ0v) is 14.0. The van der Waals surface area contributed by atoms with Gasteiger partial charge >= 0.3 is 0 Å². The minimum absolute atomic E-state index is 0.103. The summed E-state index contributed by atoms with van der Waals surface area (Å²) in [4.78, 5) is 16.3. The molecule has 0 aromatic heterocycles. The highest BCUT2D eigenvalue weighted by Crippen LogP contribution is 2.58. The van der Waals surface area contributed by atoms with Crippen molar-refractivity contribution in [1.82, 2.24) is 0 Å². The van der Waals surface area contributed by atoms with Crippen LogP contribution in [0, 0.1) is 11.8 Å². The fraction of sp³-hybridized carbons (Fsp3) is 0.550. The van der Waals surface area contributed by atoms with E-state index in [4.69, 9.17) is 0 Å². The number of carbonyl (C=O) groups is 1. The average Bonchev–Trinajstić information content (AvgIpc) is 3.10. The molecule has 3 aliphatic heterocycles. The number of quaternary nitrogens is 1. The first-order chi connectivity index (χ1) is 11.2. The third-order valence-corrected chi connectivity index (χ3v) is 7.34. The van der Waals surface area contributed by atoms with Crippen molar-refractivity contribution in [2.45, 2.75) is 37.6 Å². The summed E-state index contributed by atoms with van der Waals surface area (Å²) in [6.07, 6.45) is 4.79. The maximum atomic E-state index is 12.1. The molecule has 0 amide bonds. The van der Waals surface area contributed by atoms with Crippen LogP contribution in [0.25, 0.3) is 0 Å². The zero-order valence-electron chi connectivity index (χ0n) is 14.0. The molecule has 1 N–H and O–H groups in total. The highest BCUT2D eigenvalue weighted by molar-refractivity contribution is 5.84. The van der Waals surface area contributed by atoms with Gasteiger partial charge in [0.2, 0.25) is 0 Å². The molecule has 3 nitrogen and oxygen atoms in total. The standard InChI is InChI=1S/C20H24N2O/c1-3-13-11-22-9-8-20-16-6-4-5-7-17(16)21(2)19(20)15(12-23)14(13)10-18(20)22/h4-7,12-14,18H,3,8-11H2,1-2H3/p+1/t13-,14-,18-,20+/m0/s1. The van der Waals surface area contributed by atoms with Crippen molar-refractivity contribution in [3.8, 4) is 0 Å². The Hall–Kier alpha value is -1.61. The number of nitrogens with zero attached hydrogens (tertiary/aromatic N) is 1. The van der Waals surface area contributed by atoms with Gasteiger partial charge in [-0.15, -0.1) is 0 Å². The Morgan fingerprint density at radius 2 is 2.22 bits per heavy atom. The van der Waals surface area contributed by atoms with Crippen molar-refractivity contribution >= 4 is 12.0 Å². The van der Waals surface area contributed by atoms with Crippen LogP contribution in [0.15, 0.2) is 35.5 Å². The summed E-state index contributed by atoms with van der Waals surface area (Å²) in [6, 6.07) is 9.52. The van der Waals surface area contributed by atoms with Crippen LogP contribution in [0.1, 0.15) is 31.7 Å².